The Hall–Kier alpha value is -2.77. The third-order valence-corrected chi connectivity index (χ3v) is 3.03. The van der Waals surface area contributed by atoms with E-state index in [0.29, 0.717) is 5.65 Å². The van der Waals surface area contributed by atoms with Crippen molar-refractivity contribution in [2.24, 2.45) is 0 Å². The van der Waals surface area contributed by atoms with Crippen LogP contribution in [0.15, 0.2) is 24.5 Å². The number of carbonyl (C=O) groups is 1. The van der Waals surface area contributed by atoms with Crippen LogP contribution >= 0.6 is 0 Å². The number of aromatic nitrogens is 6. The quantitative estimate of drug-likeness (QED) is 0.708. The maximum atomic E-state index is 10.9. The Morgan fingerprint density at radius 2 is 2.30 bits per heavy atom. The fraction of sp³-hybridized carbons (Fsp3) is 0.250. The van der Waals surface area contributed by atoms with Crippen molar-refractivity contribution in [1.82, 2.24) is 30.0 Å². The molecule has 0 aromatic carbocycles. The first-order chi connectivity index (χ1) is 9.74. The fourth-order valence-electron chi connectivity index (χ4n) is 2.10. The molecule has 102 valence electrons. The third kappa shape index (κ3) is 2.35. The molecule has 0 spiro atoms. The summed E-state index contributed by atoms with van der Waals surface area (Å²) in [5, 5.41) is 22.5. The number of imidazole rings is 1. The van der Waals surface area contributed by atoms with Gasteiger partial charge in [-0.05, 0) is 34.9 Å². The van der Waals surface area contributed by atoms with Crippen molar-refractivity contribution in [3.05, 3.63) is 41.6 Å². The largest absolute Gasteiger partial charge is 0.476 e. The molecule has 0 fully saturated rings. The summed E-state index contributed by atoms with van der Waals surface area (Å²) in [7, 11) is 0. The molecular formula is C12H12N6O2. The number of nitrogens with one attached hydrogen (secondary N) is 1. The smallest absolute Gasteiger partial charge is 0.356 e. The van der Waals surface area contributed by atoms with Crippen LogP contribution in [0.2, 0.25) is 0 Å². The molecule has 8 heteroatoms. The van der Waals surface area contributed by atoms with Crippen molar-refractivity contribution >= 4 is 11.6 Å². The van der Waals surface area contributed by atoms with Crippen LogP contribution in [0.25, 0.3) is 5.65 Å². The van der Waals surface area contributed by atoms with Gasteiger partial charge in [0.05, 0.1) is 0 Å². The van der Waals surface area contributed by atoms with E-state index in [1.165, 1.54) is 6.20 Å². The summed E-state index contributed by atoms with van der Waals surface area (Å²) >= 11 is 0. The van der Waals surface area contributed by atoms with E-state index < -0.39 is 5.97 Å². The van der Waals surface area contributed by atoms with Crippen LogP contribution in [0.4, 0.5) is 0 Å². The summed E-state index contributed by atoms with van der Waals surface area (Å²) in [4.78, 5) is 15.1. The van der Waals surface area contributed by atoms with Crippen molar-refractivity contribution in [3.63, 3.8) is 0 Å². The van der Waals surface area contributed by atoms with Gasteiger partial charge in [-0.3, -0.25) is 0 Å². The zero-order valence-electron chi connectivity index (χ0n) is 10.5. The number of hydrogen-bond donors (Lipinski definition) is 2. The van der Waals surface area contributed by atoms with Crippen molar-refractivity contribution in [3.8, 4) is 0 Å². The molecule has 8 nitrogen and oxygen atoms in total. The molecule has 3 aromatic rings. The Morgan fingerprint density at radius 3 is 3.05 bits per heavy atom. The van der Waals surface area contributed by atoms with Gasteiger partial charge in [0.1, 0.15) is 11.5 Å². The number of aryl methyl sites for hydroxylation is 2. The van der Waals surface area contributed by atoms with Crippen LogP contribution in [0.5, 0.6) is 0 Å². The minimum absolute atomic E-state index is 0.0527. The number of carboxylic acids is 1. The molecule has 3 heterocycles. The van der Waals surface area contributed by atoms with Crippen LogP contribution in [0, 0.1) is 0 Å². The molecule has 3 aromatic heterocycles. The summed E-state index contributed by atoms with van der Waals surface area (Å²) in [6.45, 7) is 0. The first-order valence-corrected chi connectivity index (χ1v) is 6.16. The van der Waals surface area contributed by atoms with Gasteiger partial charge in [-0.1, -0.05) is 6.07 Å². The van der Waals surface area contributed by atoms with Gasteiger partial charge in [-0.2, -0.15) is 0 Å². The van der Waals surface area contributed by atoms with Gasteiger partial charge in [-0.25, -0.2) is 14.9 Å². The molecule has 0 unspecified atom stereocenters. The highest BCUT2D eigenvalue weighted by atomic mass is 16.4. The van der Waals surface area contributed by atoms with E-state index in [9.17, 15) is 4.79 Å². The number of tetrazole rings is 1. The first kappa shape index (κ1) is 12.3. The molecule has 20 heavy (non-hydrogen) atoms. The summed E-state index contributed by atoms with van der Waals surface area (Å²) in [5.74, 6) is -0.279. The molecule has 0 saturated carbocycles. The minimum atomic E-state index is -1.02. The lowest BCUT2D eigenvalue weighted by atomic mass is 10.1. The number of H-pyrrole nitrogens is 1. The van der Waals surface area contributed by atoms with E-state index in [4.69, 9.17) is 5.11 Å². The minimum Gasteiger partial charge on any atom is -0.476 e. The third-order valence-electron chi connectivity index (χ3n) is 3.03. The topological polar surface area (TPSA) is 109 Å². The number of nitrogens with zero attached hydrogens (tertiary/aromatic N) is 5. The number of aromatic amines is 1. The van der Waals surface area contributed by atoms with Gasteiger partial charge in [-0.15, -0.1) is 5.10 Å². The standard InChI is InChI=1S/C12H12N6O2/c19-12(20)9-7-18-6-2-4-8(11(18)13-9)3-1-5-10-14-16-17-15-10/h2,4,6-7H,1,3,5H2,(H,19,20)(H,14,15,16,17). The molecule has 0 aliphatic carbocycles. The predicted molar refractivity (Wildman–Crippen MR) is 68.4 cm³/mol. The van der Waals surface area contributed by atoms with E-state index in [1.54, 1.807) is 10.6 Å². The maximum Gasteiger partial charge on any atom is 0.356 e. The number of carboxylic acid groups (broad SMARTS) is 1. The average Bonchev–Trinajstić information content (AvgIpc) is 3.07. The van der Waals surface area contributed by atoms with E-state index in [-0.39, 0.29) is 5.69 Å². The zero-order valence-corrected chi connectivity index (χ0v) is 10.5. The molecular weight excluding hydrogens is 260 g/mol. The molecule has 3 rings (SSSR count). The monoisotopic (exact) mass is 272 g/mol. The Labute approximate surface area is 113 Å². The van der Waals surface area contributed by atoms with Gasteiger partial charge in [0.25, 0.3) is 0 Å². The Balaban J connectivity index is 1.78. The van der Waals surface area contributed by atoms with Crippen molar-refractivity contribution in [2.75, 3.05) is 0 Å². The SMILES string of the molecule is O=C(O)c1cn2cccc(CCCc3nnn[nH]3)c2n1. The van der Waals surface area contributed by atoms with Gasteiger partial charge < -0.3 is 9.51 Å². The summed E-state index contributed by atoms with van der Waals surface area (Å²) in [5.41, 5.74) is 1.74. The normalized spacial score (nSPS) is 11.0. The van der Waals surface area contributed by atoms with E-state index in [2.05, 4.69) is 25.6 Å². The van der Waals surface area contributed by atoms with Crippen LogP contribution in [-0.2, 0) is 12.8 Å². The van der Waals surface area contributed by atoms with Gasteiger partial charge in [0.2, 0.25) is 0 Å². The second-order valence-corrected chi connectivity index (χ2v) is 4.40. The molecule has 0 aliphatic heterocycles. The molecule has 0 atom stereocenters. The maximum absolute atomic E-state index is 10.9. The van der Waals surface area contributed by atoms with Crippen LogP contribution in [0.1, 0.15) is 28.3 Å². The zero-order chi connectivity index (χ0) is 13.9. The molecule has 0 amide bonds. The lowest BCUT2D eigenvalue weighted by Crippen LogP contribution is -1.96. The predicted octanol–water partition coefficient (Wildman–Crippen LogP) is 0.721. The van der Waals surface area contributed by atoms with Gasteiger partial charge in [0, 0.05) is 18.8 Å². The average molecular weight is 272 g/mol. The van der Waals surface area contributed by atoms with E-state index in [0.717, 1.165) is 30.7 Å². The van der Waals surface area contributed by atoms with Crippen molar-refractivity contribution in [2.45, 2.75) is 19.3 Å². The molecule has 0 saturated heterocycles. The second-order valence-electron chi connectivity index (χ2n) is 4.40. The number of aromatic carboxylic acids is 1. The lowest BCUT2D eigenvalue weighted by molar-refractivity contribution is 0.0691. The Kier molecular flexibility index (Phi) is 3.12. The van der Waals surface area contributed by atoms with Crippen molar-refractivity contribution < 1.29 is 9.90 Å². The van der Waals surface area contributed by atoms with Crippen LogP contribution in [0.3, 0.4) is 0 Å². The summed E-state index contributed by atoms with van der Waals surface area (Å²) in [6, 6.07) is 3.83. The molecule has 0 radical (unpaired) electrons. The number of rotatable bonds is 5. The highest BCUT2D eigenvalue weighted by Gasteiger charge is 2.11. The van der Waals surface area contributed by atoms with Crippen molar-refractivity contribution in [1.29, 1.82) is 0 Å². The summed E-state index contributed by atoms with van der Waals surface area (Å²) < 4.78 is 1.73. The highest BCUT2D eigenvalue weighted by molar-refractivity contribution is 5.86. The van der Waals surface area contributed by atoms with Crippen LogP contribution in [-0.4, -0.2) is 41.1 Å². The number of pyridine rings is 1. The molecule has 0 bridgehead atoms. The van der Waals surface area contributed by atoms with Crippen LogP contribution < -0.4 is 0 Å². The number of hydrogen-bond acceptors (Lipinski definition) is 5. The Bertz CT molecular complexity index is 734. The van der Waals surface area contributed by atoms with Gasteiger partial charge in [0.15, 0.2) is 5.69 Å². The number of fused-ring (bicyclic) bond motifs is 1. The molecule has 0 aliphatic rings. The second kappa shape index (κ2) is 5.08. The highest BCUT2D eigenvalue weighted by Crippen LogP contribution is 2.14. The lowest BCUT2D eigenvalue weighted by Gasteiger charge is -2.02. The van der Waals surface area contributed by atoms with Gasteiger partial charge >= 0.3 is 5.97 Å². The molecule has 2 N–H and O–H groups in total. The van der Waals surface area contributed by atoms with E-state index in [1.807, 2.05) is 12.1 Å². The first-order valence-electron chi connectivity index (χ1n) is 6.16. The fourth-order valence-corrected chi connectivity index (χ4v) is 2.10. The van der Waals surface area contributed by atoms with E-state index >= 15 is 0 Å². The Morgan fingerprint density at radius 1 is 1.40 bits per heavy atom. The summed E-state index contributed by atoms with van der Waals surface area (Å²) in [6.07, 6.45) is 5.67.